The number of hydrogen-bond donors (Lipinski definition) is 0. The summed E-state index contributed by atoms with van der Waals surface area (Å²) in [6.07, 6.45) is 4.80. The van der Waals surface area contributed by atoms with Crippen molar-refractivity contribution in [1.29, 1.82) is 0 Å². The van der Waals surface area contributed by atoms with Crippen molar-refractivity contribution in [2.45, 2.75) is 6.92 Å². The van der Waals surface area contributed by atoms with E-state index in [1.54, 1.807) is 6.20 Å². The number of anilines is 1. The van der Waals surface area contributed by atoms with E-state index in [-0.39, 0.29) is 0 Å². The Kier molecular flexibility index (Phi) is 2.45. The largest absolute Gasteiger partial charge is 0.378 e. The zero-order valence-electron chi connectivity index (χ0n) is 7.79. The van der Waals surface area contributed by atoms with Gasteiger partial charge in [-0.3, -0.25) is 4.98 Å². The van der Waals surface area contributed by atoms with Crippen LogP contribution in [0.25, 0.3) is 0 Å². The van der Waals surface area contributed by atoms with Crippen molar-refractivity contribution in [2.75, 3.05) is 31.2 Å². The summed E-state index contributed by atoms with van der Waals surface area (Å²) in [7, 11) is 0. The molecular formula is C10H13N2O. The highest BCUT2D eigenvalue weighted by molar-refractivity contribution is 5.50. The lowest BCUT2D eigenvalue weighted by Crippen LogP contribution is -2.36. The summed E-state index contributed by atoms with van der Waals surface area (Å²) in [6.45, 7) is 5.60. The first kappa shape index (κ1) is 8.51. The molecule has 1 aromatic rings. The van der Waals surface area contributed by atoms with Gasteiger partial charge in [-0.25, -0.2) is 0 Å². The summed E-state index contributed by atoms with van der Waals surface area (Å²) in [5.74, 6) is 0. The minimum Gasteiger partial charge on any atom is -0.378 e. The molecule has 3 heteroatoms. The lowest BCUT2D eigenvalue weighted by Gasteiger charge is -2.29. The molecule has 1 fully saturated rings. The maximum atomic E-state index is 5.29. The number of morpholine rings is 1. The molecule has 1 aromatic heterocycles. The van der Waals surface area contributed by atoms with Crippen molar-refractivity contribution in [2.24, 2.45) is 0 Å². The van der Waals surface area contributed by atoms with Crippen LogP contribution in [0.1, 0.15) is 5.56 Å². The van der Waals surface area contributed by atoms with E-state index in [2.05, 4.69) is 23.0 Å². The molecule has 1 saturated heterocycles. The van der Waals surface area contributed by atoms with Crippen LogP contribution in [0.2, 0.25) is 0 Å². The molecular weight excluding hydrogens is 164 g/mol. The van der Waals surface area contributed by atoms with Crippen molar-refractivity contribution in [3.63, 3.8) is 0 Å². The first-order valence-electron chi connectivity index (χ1n) is 4.54. The third-order valence-corrected chi connectivity index (χ3v) is 2.27. The molecule has 0 aromatic carbocycles. The predicted octanol–water partition coefficient (Wildman–Crippen LogP) is 1.03. The lowest BCUT2D eigenvalue weighted by atomic mass is 10.2. The monoisotopic (exact) mass is 177 g/mol. The Morgan fingerprint density at radius 1 is 1.46 bits per heavy atom. The summed E-state index contributed by atoms with van der Waals surface area (Å²) in [5, 5.41) is 0. The minimum atomic E-state index is 0.808. The molecule has 2 heterocycles. The molecule has 0 amide bonds. The number of nitrogens with zero attached hydrogens (tertiary/aromatic N) is 2. The van der Waals surface area contributed by atoms with Gasteiger partial charge in [0, 0.05) is 19.3 Å². The van der Waals surface area contributed by atoms with Crippen molar-refractivity contribution in [3.8, 4) is 0 Å². The second kappa shape index (κ2) is 3.75. The molecule has 1 radical (unpaired) electrons. The highest BCUT2D eigenvalue weighted by Gasteiger charge is 2.12. The molecule has 0 aliphatic carbocycles. The van der Waals surface area contributed by atoms with Crippen LogP contribution < -0.4 is 4.90 Å². The molecule has 0 atom stereocenters. The molecule has 0 bridgehead atoms. The van der Waals surface area contributed by atoms with E-state index < -0.39 is 0 Å². The average Bonchev–Trinajstić information content (AvgIpc) is 2.20. The van der Waals surface area contributed by atoms with Gasteiger partial charge in [-0.2, -0.15) is 0 Å². The van der Waals surface area contributed by atoms with Crippen molar-refractivity contribution >= 4 is 5.69 Å². The Hall–Kier alpha value is -1.09. The standard InChI is InChI=1S/C10H13N2O/c1-9-2-3-11-8-10(9)12-4-6-13-7-5-12/h2-3H,4-7H2,1H3. The lowest BCUT2D eigenvalue weighted by molar-refractivity contribution is 0.122. The topological polar surface area (TPSA) is 25.4 Å². The summed E-state index contributed by atoms with van der Waals surface area (Å²) in [6, 6.07) is 2.02. The number of hydrogen-bond acceptors (Lipinski definition) is 3. The summed E-state index contributed by atoms with van der Waals surface area (Å²) in [5.41, 5.74) is 2.35. The number of pyridine rings is 1. The Labute approximate surface area is 78.3 Å². The van der Waals surface area contributed by atoms with Crippen LogP contribution in [0.5, 0.6) is 0 Å². The highest BCUT2D eigenvalue weighted by Crippen LogP contribution is 2.17. The molecule has 69 valence electrons. The van der Waals surface area contributed by atoms with Crippen molar-refractivity contribution < 1.29 is 4.74 Å². The van der Waals surface area contributed by atoms with E-state index in [4.69, 9.17) is 4.74 Å². The third kappa shape index (κ3) is 1.80. The van der Waals surface area contributed by atoms with Crippen LogP contribution in [0.4, 0.5) is 5.69 Å². The Balaban J connectivity index is 2.18. The summed E-state index contributed by atoms with van der Waals surface area (Å²) >= 11 is 0. The van der Waals surface area contributed by atoms with Crippen LogP contribution in [0, 0.1) is 13.1 Å². The van der Waals surface area contributed by atoms with E-state index in [1.165, 1.54) is 5.56 Å². The van der Waals surface area contributed by atoms with Gasteiger partial charge >= 0.3 is 0 Å². The SMILES string of the molecule is Cc1ccn[c]c1N1CCOCC1. The van der Waals surface area contributed by atoms with E-state index in [0.717, 1.165) is 32.0 Å². The van der Waals surface area contributed by atoms with Gasteiger partial charge < -0.3 is 9.64 Å². The van der Waals surface area contributed by atoms with Crippen molar-refractivity contribution in [3.05, 3.63) is 24.0 Å². The van der Waals surface area contributed by atoms with E-state index >= 15 is 0 Å². The second-order valence-corrected chi connectivity index (χ2v) is 3.19. The maximum Gasteiger partial charge on any atom is 0.114 e. The molecule has 2 rings (SSSR count). The van der Waals surface area contributed by atoms with Gasteiger partial charge in [0.25, 0.3) is 0 Å². The molecule has 0 N–H and O–H groups in total. The fourth-order valence-corrected chi connectivity index (χ4v) is 1.52. The van der Waals surface area contributed by atoms with Gasteiger partial charge in [-0.1, -0.05) is 0 Å². The fourth-order valence-electron chi connectivity index (χ4n) is 1.52. The van der Waals surface area contributed by atoms with Crippen LogP contribution in [0.15, 0.2) is 12.3 Å². The van der Waals surface area contributed by atoms with E-state index in [9.17, 15) is 0 Å². The zero-order valence-corrected chi connectivity index (χ0v) is 7.79. The summed E-state index contributed by atoms with van der Waals surface area (Å²) in [4.78, 5) is 6.28. The van der Waals surface area contributed by atoms with Crippen LogP contribution >= 0.6 is 0 Å². The highest BCUT2D eigenvalue weighted by atomic mass is 16.5. The maximum absolute atomic E-state index is 5.29. The van der Waals surface area contributed by atoms with Crippen LogP contribution in [-0.4, -0.2) is 31.3 Å². The smallest absolute Gasteiger partial charge is 0.114 e. The Bertz CT molecular complexity index is 282. The molecule has 1 aliphatic heterocycles. The summed E-state index contributed by atoms with van der Waals surface area (Å²) < 4.78 is 5.29. The van der Waals surface area contributed by atoms with Gasteiger partial charge in [-0.05, 0) is 18.6 Å². The number of aryl methyl sites for hydroxylation is 1. The Morgan fingerprint density at radius 2 is 2.23 bits per heavy atom. The van der Waals surface area contributed by atoms with E-state index in [1.807, 2.05) is 6.07 Å². The molecule has 3 nitrogen and oxygen atoms in total. The van der Waals surface area contributed by atoms with Crippen LogP contribution in [0.3, 0.4) is 0 Å². The van der Waals surface area contributed by atoms with E-state index in [0.29, 0.717) is 0 Å². The Morgan fingerprint density at radius 3 is 2.92 bits per heavy atom. The molecule has 0 spiro atoms. The molecule has 13 heavy (non-hydrogen) atoms. The minimum absolute atomic E-state index is 0.808. The first-order chi connectivity index (χ1) is 6.38. The first-order valence-corrected chi connectivity index (χ1v) is 4.54. The van der Waals surface area contributed by atoms with Gasteiger partial charge in [0.1, 0.15) is 6.20 Å². The van der Waals surface area contributed by atoms with Crippen molar-refractivity contribution in [1.82, 2.24) is 4.98 Å². The quantitative estimate of drug-likeness (QED) is 0.640. The second-order valence-electron chi connectivity index (χ2n) is 3.19. The zero-order chi connectivity index (χ0) is 9.10. The van der Waals surface area contributed by atoms with Gasteiger partial charge in [0.2, 0.25) is 0 Å². The fraction of sp³-hybridized carbons (Fsp3) is 0.500. The van der Waals surface area contributed by atoms with Gasteiger partial charge in [0.15, 0.2) is 0 Å². The van der Waals surface area contributed by atoms with Gasteiger partial charge in [0.05, 0.1) is 18.9 Å². The molecule has 1 aliphatic rings. The van der Waals surface area contributed by atoms with Gasteiger partial charge in [-0.15, -0.1) is 0 Å². The average molecular weight is 177 g/mol. The number of rotatable bonds is 1. The molecule has 0 unspecified atom stereocenters. The molecule has 0 saturated carbocycles. The normalized spacial score (nSPS) is 17.5. The number of aromatic nitrogens is 1. The number of ether oxygens (including phenoxy) is 1. The predicted molar refractivity (Wildman–Crippen MR) is 50.8 cm³/mol. The third-order valence-electron chi connectivity index (χ3n) is 2.27. The van der Waals surface area contributed by atoms with Crippen LogP contribution in [-0.2, 0) is 4.74 Å².